The molecule has 0 saturated heterocycles. The Kier molecular flexibility index (Phi) is 3.85. The van der Waals surface area contributed by atoms with E-state index in [-0.39, 0.29) is 0 Å². The Morgan fingerprint density at radius 3 is 2.61 bits per heavy atom. The van der Waals surface area contributed by atoms with E-state index < -0.39 is 0 Å². The van der Waals surface area contributed by atoms with Gasteiger partial charge in [0.25, 0.3) is 0 Å². The number of anilines is 1. The molecule has 0 aliphatic heterocycles. The van der Waals surface area contributed by atoms with Crippen molar-refractivity contribution in [2.45, 2.75) is 40.5 Å². The molecule has 1 N–H and O–H groups in total. The summed E-state index contributed by atoms with van der Waals surface area (Å²) in [6, 6.07) is 6.58. The maximum atomic E-state index is 4.68. The predicted molar refractivity (Wildman–Crippen MR) is 79.4 cm³/mol. The molecule has 2 heteroatoms. The van der Waals surface area contributed by atoms with Gasteiger partial charge in [-0.3, -0.25) is 4.98 Å². The number of nitrogens with one attached hydrogen (secondary N) is 1. The minimum Gasteiger partial charge on any atom is -0.384 e. The zero-order chi connectivity index (χ0) is 13.1. The van der Waals surface area contributed by atoms with Crippen LogP contribution in [0.25, 0.3) is 10.9 Å². The molecule has 0 bridgehead atoms. The van der Waals surface area contributed by atoms with Crippen molar-refractivity contribution in [1.82, 2.24) is 4.98 Å². The van der Waals surface area contributed by atoms with Crippen LogP contribution in [0.1, 0.15) is 37.1 Å². The molecular formula is C16H22N2. The van der Waals surface area contributed by atoms with Crippen molar-refractivity contribution in [3.63, 3.8) is 0 Å². The van der Waals surface area contributed by atoms with Crippen molar-refractivity contribution in [3.05, 3.63) is 35.0 Å². The van der Waals surface area contributed by atoms with E-state index >= 15 is 0 Å². The van der Waals surface area contributed by atoms with E-state index in [2.05, 4.69) is 56.2 Å². The van der Waals surface area contributed by atoms with Crippen LogP contribution in [0.3, 0.4) is 0 Å². The van der Waals surface area contributed by atoms with Crippen LogP contribution in [-0.4, -0.2) is 11.5 Å². The average molecular weight is 242 g/mol. The van der Waals surface area contributed by atoms with Gasteiger partial charge in [0.2, 0.25) is 0 Å². The molecule has 0 radical (unpaired) electrons. The highest BCUT2D eigenvalue weighted by Crippen LogP contribution is 2.28. The van der Waals surface area contributed by atoms with Crippen LogP contribution < -0.4 is 5.32 Å². The van der Waals surface area contributed by atoms with Gasteiger partial charge in [-0.25, -0.2) is 0 Å². The minimum atomic E-state index is 1.01. The van der Waals surface area contributed by atoms with E-state index in [9.17, 15) is 0 Å². The summed E-state index contributed by atoms with van der Waals surface area (Å²) in [7, 11) is 0. The normalized spacial score (nSPS) is 10.9. The summed E-state index contributed by atoms with van der Waals surface area (Å²) in [6.07, 6.45) is 2.20. The molecule has 1 heterocycles. The maximum Gasteiger partial charge on any atom is 0.0726 e. The average Bonchev–Trinajstić information content (AvgIpc) is 2.39. The third-order valence-electron chi connectivity index (χ3n) is 3.50. The second-order valence-electron chi connectivity index (χ2n) is 4.83. The molecule has 0 unspecified atom stereocenters. The summed E-state index contributed by atoms with van der Waals surface area (Å²) in [4.78, 5) is 4.68. The fourth-order valence-electron chi connectivity index (χ4n) is 2.23. The number of pyridine rings is 1. The molecule has 0 aliphatic carbocycles. The first kappa shape index (κ1) is 12.9. The van der Waals surface area contributed by atoms with Gasteiger partial charge in [-0.15, -0.1) is 0 Å². The summed E-state index contributed by atoms with van der Waals surface area (Å²) in [5, 5.41) is 4.81. The van der Waals surface area contributed by atoms with Gasteiger partial charge in [0.1, 0.15) is 0 Å². The number of aryl methyl sites for hydroxylation is 2. The highest BCUT2D eigenvalue weighted by molar-refractivity contribution is 5.93. The van der Waals surface area contributed by atoms with E-state index in [4.69, 9.17) is 0 Å². The number of fused-ring (bicyclic) bond motifs is 1. The smallest absolute Gasteiger partial charge is 0.0726 e. The maximum absolute atomic E-state index is 4.68. The second-order valence-corrected chi connectivity index (χ2v) is 4.83. The van der Waals surface area contributed by atoms with Crippen LogP contribution in [0.2, 0.25) is 0 Å². The topological polar surface area (TPSA) is 24.9 Å². The highest BCUT2D eigenvalue weighted by atomic mass is 14.9. The molecule has 18 heavy (non-hydrogen) atoms. The summed E-state index contributed by atoms with van der Waals surface area (Å²) in [5.74, 6) is 0. The van der Waals surface area contributed by atoms with Crippen molar-refractivity contribution in [2.24, 2.45) is 0 Å². The molecule has 0 fully saturated rings. The number of hydrogen-bond donors (Lipinski definition) is 1. The number of rotatable bonds is 4. The lowest BCUT2D eigenvalue weighted by molar-refractivity contribution is 0.977. The minimum absolute atomic E-state index is 1.01. The lowest BCUT2D eigenvalue weighted by Crippen LogP contribution is -2.05. The number of hydrogen-bond acceptors (Lipinski definition) is 2. The van der Waals surface area contributed by atoms with Crippen LogP contribution in [0.15, 0.2) is 18.2 Å². The van der Waals surface area contributed by atoms with Gasteiger partial charge in [-0.2, -0.15) is 0 Å². The Morgan fingerprint density at radius 2 is 1.94 bits per heavy atom. The Labute approximate surface area is 109 Å². The third-order valence-corrected chi connectivity index (χ3v) is 3.50. The van der Waals surface area contributed by atoms with Crippen molar-refractivity contribution in [3.8, 4) is 0 Å². The van der Waals surface area contributed by atoms with Crippen molar-refractivity contribution < 1.29 is 0 Å². The first-order valence-electron chi connectivity index (χ1n) is 6.81. The van der Waals surface area contributed by atoms with Crippen molar-refractivity contribution in [2.75, 3.05) is 11.9 Å². The third kappa shape index (κ3) is 2.33. The SMILES string of the molecule is CCCNc1c(C)c(C)nc2ccc(CC)cc12. The molecule has 1 aromatic heterocycles. The molecule has 0 aliphatic rings. The summed E-state index contributed by atoms with van der Waals surface area (Å²) >= 11 is 0. The molecule has 0 spiro atoms. The molecule has 2 rings (SSSR count). The fraction of sp³-hybridized carbons (Fsp3) is 0.438. The Balaban J connectivity index is 2.64. The molecule has 96 valence electrons. The Bertz CT molecular complexity index is 559. The van der Waals surface area contributed by atoms with Gasteiger partial charge in [-0.05, 0) is 49.9 Å². The van der Waals surface area contributed by atoms with E-state index in [1.165, 1.54) is 22.2 Å². The van der Waals surface area contributed by atoms with Crippen LogP contribution in [0, 0.1) is 13.8 Å². The van der Waals surface area contributed by atoms with Gasteiger partial charge >= 0.3 is 0 Å². The van der Waals surface area contributed by atoms with Crippen molar-refractivity contribution >= 4 is 16.6 Å². The van der Waals surface area contributed by atoms with Crippen molar-refractivity contribution in [1.29, 1.82) is 0 Å². The van der Waals surface area contributed by atoms with E-state index in [1.54, 1.807) is 0 Å². The standard InChI is InChI=1S/C16H22N2/c1-5-9-17-16-11(3)12(4)18-15-8-7-13(6-2)10-14(15)16/h7-8,10H,5-6,9H2,1-4H3,(H,17,18). The van der Waals surface area contributed by atoms with Crippen LogP contribution in [0.5, 0.6) is 0 Å². The van der Waals surface area contributed by atoms with Crippen LogP contribution >= 0.6 is 0 Å². The first-order chi connectivity index (χ1) is 8.67. The lowest BCUT2D eigenvalue weighted by Gasteiger charge is -2.15. The van der Waals surface area contributed by atoms with Gasteiger partial charge in [0, 0.05) is 23.3 Å². The van der Waals surface area contributed by atoms with E-state index in [0.29, 0.717) is 0 Å². The van der Waals surface area contributed by atoms with E-state index in [0.717, 1.165) is 30.6 Å². The molecule has 0 amide bonds. The molecule has 0 atom stereocenters. The fourth-order valence-corrected chi connectivity index (χ4v) is 2.23. The van der Waals surface area contributed by atoms with Crippen LogP contribution in [-0.2, 0) is 6.42 Å². The molecule has 2 nitrogen and oxygen atoms in total. The number of benzene rings is 1. The zero-order valence-corrected chi connectivity index (χ0v) is 11.8. The lowest BCUT2D eigenvalue weighted by atomic mass is 10.0. The highest BCUT2D eigenvalue weighted by Gasteiger charge is 2.09. The zero-order valence-electron chi connectivity index (χ0n) is 11.8. The summed E-state index contributed by atoms with van der Waals surface area (Å²) in [5.41, 5.74) is 6.10. The number of aromatic nitrogens is 1. The van der Waals surface area contributed by atoms with Gasteiger partial charge < -0.3 is 5.32 Å². The quantitative estimate of drug-likeness (QED) is 0.867. The predicted octanol–water partition coefficient (Wildman–Crippen LogP) is 4.24. The van der Waals surface area contributed by atoms with E-state index in [1.807, 2.05) is 0 Å². The molecule has 0 saturated carbocycles. The molecular weight excluding hydrogens is 220 g/mol. The molecule has 1 aromatic carbocycles. The largest absolute Gasteiger partial charge is 0.384 e. The van der Waals surface area contributed by atoms with Gasteiger partial charge in [0.05, 0.1) is 5.52 Å². The Morgan fingerprint density at radius 1 is 1.17 bits per heavy atom. The monoisotopic (exact) mass is 242 g/mol. The van der Waals surface area contributed by atoms with Gasteiger partial charge in [0.15, 0.2) is 0 Å². The summed E-state index contributed by atoms with van der Waals surface area (Å²) < 4.78 is 0. The van der Waals surface area contributed by atoms with Crippen LogP contribution in [0.4, 0.5) is 5.69 Å². The van der Waals surface area contributed by atoms with Gasteiger partial charge in [-0.1, -0.05) is 19.9 Å². The molecule has 2 aromatic rings. The Hall–Kier alpha value is -1.57. The summed E-state index contributed by atoms with van der Waals surface area (Å²) in [6.45, 7) is 9.62. The first-order valence-corrected chi connectivity index (χ1v) is 6.81. The number of nitrogens with zero attached hydrogens (tertiary/aromatic N) is 1. The second kappa shape index (κ2) is 5.38.